The summed E-state index contributed by atoms with van der Waals surface area (Å²) < 4.78 is 0. The van der Waals surface area contributed by atoms with Crippen molar-refractivity contribution in [2.45, 2.75) is 12.2 Å². The molecule has 5 heteroatoms. The predicted molar refractivity (Wildman–Crippen MR) is 61.7 cm³/mol. The van der Waals surface area contributed by atoms with Crippen molar-refractivity contribution in [1.29, 1.82) is 0 Å². The van der Waals surface area contributed by atoms with Gasteiger partial charge in [-0.15, -0.1) is 0 Å². The summed E-state index contributed by atoms with van der Waals surface area (Å²) >= 11 is 1.61. The van der Waals surface area contributed by atoms with E-state index in [0.29, 0.717) is 5.25 Å². The van der Waals surface area contributed by atoms with Gasteiger partial charge in [0, 0.05) is 17.6 Å². The van der Waals surface area contributed by atoms with Gasteiger partial charge in [0.2, 0.25) is 0 Å². The van der Waals surface area contributed by atoms with E-state index in [1.807, 2.05) is 19.2 Å². The maximum absolute atomic E-state index is 11.8. The lowest BCUT2D eigenvalue weighted by Crippen LogP contribution is -2.40. The number of rotatable bonds is 1. The first-order valence-electron chi connectivity index (χ1n) is 4.81. The van der Waals surface area contributed by atoms with E-state index in [4.69, 9.17) is 0 Å². The van der Waals surface area contributed by atoms with Crippen LogP contribution in [0.15, 0.2) is 24.5 Å². The van der Waals surface area contributed by atoms with Crippen molar-refractivity contribution in [3.05, 3.63) is 35.3 Å². The van der Waals surface area contributed by atoms with E-state index < -0.39 is 0 Å². The van der Waals surface area contributed by atoms with Crippen LogP contribution in [0, 0.1) is 5.21 Å². The first-order valence-corrected chi connectivity index (χ1v) is 5.69. The van der Waals surface area contributed by atoms with Gasteiger partial charge in [0.25, 0.3) is 5.04 Å². The highest BCUT2D eigenvalue weighted by Crippen LogP contribution is 2.23. The van der Waals surface area contributed by atoms with Gasteiger partial charge in [-0.25, -0.2) is 0 Å². The molecule has 2 heterocycles. The number of hydrogen-bond donors (Lipinski definition) is 0. The molecule has 2 rings (SSSR count). The summed E-state index contributed by atoms with van der Waals surface area (Å²) in [4.78, 5) is 4.90. The molecule has 15 heavy (non-hydrogen) atoms. The minimum atomic E-state index is 0.434. The Morgan fingerprint density at radius 3 is 2.87 bits per heavy atom. The number of thioether (sulfide) groups is 1. The number of aromatic nitrogens is 1. The molecular formula is C10H13N3OS. The molecule has 0 N–H and O–H groups in total. The molecule has 0 aliphatic carbocycles. The molecule has 0 bridgehead atoms. The Balaban J connectivity index is 2.39. The Bertz CT molecular complexity index is 380. The molecule has 0 fully saturated rings. The summed E-state index contributed by atoms with van der Waals surface area (Å²) in [5, 5.41) is 14.7. The van der Waals surface area contributed by atoms with E-state index in [9.17, 15) is 5.21 Å². The summed E-state index contributed by atoms with van der Waals surface area (Å²) in [6, 6.07) is 3.72. The zero-order valence-electron chi connectivity index (χ0n) is 8.75. The standard InChI is InChI=1S/C10H13N3OS/c1-8-7-12(2)13(14)10(15-8)9-3-5-11-6-4-9/h3-6,8H,7H2,1-2H3. The topological polar surface area (TPSA) is 42.2 Å². The van der Waals surface area contributed by atoms with Gasteiger partial charge in [0.15, 0.2) is 0 Å². The summed E-state index contributed by atoms with van der Waals surface area (Å²) in [5.41, 5.74) is 0.934. The summed E-state index contributed by atoms with van der Waals surface area (Å²) in [7, 11) is 1.81. The average Bonchev–Trinajstić information content (AvgIpc) is 2.24. The molecule has 80 valence electrons. The normalized spacial score (nSPS) is 22.0. The molecule has 0 saturated carbocycles. The summed E-state index contributed by atoms with van der Waals surface area (Å²) in [5.74, 6) is 0. The molecule has 1 unspecified atom stereocenters. The van der Waals surface area contributed by atoms with Gasteiger partial charge in [-0.05, 0) is 23.9 Å². The van der Waals surface area contributed by atoms with E-state index in [1.54, 1.807) is 29.2 Å². The largest absolute Gasteiger partial charge is 0.595 e. The number of hydrogen-bond acceptors (Lipinski definition) is 4. The molecule has 1 atom stereocenters. The van der Waals surface area contributed by atoms with Crippen LogP contribution in [0.2, 0.25) is 0 Å². The van der Waals surface area contributed by atoms with E-state index in [1.165, 1.54) is 0 Å². The maximum Gasteiger partial charge on any atom is 0.283 e. The molecule has 0 radical (unpaired) electrons. The fraction of sp³-hybridized carbons (Fsp3) is 0.400. The molecule has 0 spiro atoms. The molecule has 1 aromatic rings. The van der Waals surface area contributed by atoms with Crippen LogP contribution in [-0.2, 0) is 0 Å². The van der Waals surface area contributed by atoms with Crippen LogP contribution in [-0.4, -0.2) is 38.7 Å². The highest BCUT2D eigenvalue weighted by Gasteiger charge is 2.27. The van der Waals surface area contributed by atoms with Crippen LogP contribution in [0.3, 0.4) is 0 Å². The zero-order valence-corrected chi connectivity index (χ0v) is 9.57. The molecule has 0 aromatic carbocycles. The highest BCUT2D eigenvalue weighted by molar-refractivity contribution is 8.14. The van der Waals surface area contributed by atoms with Crippen LogP contribution >= 0.6 is 11.8 Å². The van der Waals surface area contributed by atoms with E-state index in [2.05, 4.69) is 11.9 Å². The third kappa shape index (κ3) is 2.07. The molecule has 4 nitrogen and oxygen atoms in total. The Morgan fingerprint density at radius 1 is 1.53 bits per heavy atom. The Labute approximate surface area is 93.2 Å². The second kappa shape index (κ2) is 4.10. The molecule has 1 aliphatic rings. The van der Waals surface area contributed by atoms with Gasteiger partial charge < -0.3 is 5.21 Å². The van der Waals surface area contributed by atoms with Crippen molar-refractivity contribution in [3.8, 4) is 0 Å². The second-order valence-electron chi connectivity index (χ2n) is 3.58. The monoisotopic (exact) mass is 223 g/mol. The van der Waals surface area contributed by atoms with Crippen molar-refractivity contribution in [2.75, 3.05) is 13.6 Å². The third-order valence-electron chi connectivity index (χ3n) is 2.25. The molecule has 1 aromatic heterocycles. The van der Waals surface area contributed by atoms with Crippen molar-refractivity contribution in [2.24, 2.45) is 0 Å². The van der Waals surface area contributed by atoms with Crippen LogP contribution < -0.4 is 0 Å². The fourth-order valence-electron chi connectivity index (χ4n) is 1.55. The summed E-state index contributed by atoms with van der Waals surface area (Å²) in [6.45, 7) is 2.90. The highest BCUT2D eigenvalue weighted by atomic mass is 32.2. The minimum absolute atomic E-state index is 0.434. The number of pyridine rings is 1. The van der Waals surface area contributed by atoms with Crippen molar-refractivity contribution >= 4 is 16.8 Å². The minimum Gasteiger partial charge on any atom is -0.595 e. The Hall–Kier alpha value is -1.23. The first-order chi connectivity index (χ1) is 7.18. The maximum atomic E-state index is 11.8. The van der Waals surface area contributed by atoms with Gasteiger partial charge in [0.05, 0.1) is 19.2 Å². The number of hydrazine groups is 1. The smallest absolute Gasteiger partial charge is 0.283 e. The van der Waals surface area contributed by atoms with Gasteiger partial charge in [-0.3, -0.25) is 4.98 Å². The Kier molecular flexibility index (Phi) is 2.81. The van der Waals surface area contributed by atoms with Crippen molar-refractivity contribution in [1.82, 2.24) is 9.99 Å². The van der Waals surface area contributed by atoms with Crippen LogP contribution in [0.5, 0.6) is 0 Å². The van der Waals surface area contributed by atoms with Crippen LogP contribution in [0.4, 0.5) is 0 Å². The van der Waals surface area contributed by atoms with Crippen molar-refractivity contribution < 1.29 is 4.85 Å². The van der Waals surface area contributed by atoms with Gasteiger partial charge >= 0.3 is 0 Å². The van der Waals surface area contributed by atoms with E-state index in [0.717, 1.165) is 22.0 Å². The molecule has 0 amide bonds. The van der Waals surface area contributed by atoms with E-state index >= 15 is 0 Å². The van der Waals surface area contributed by atoms with E-state index in [-0.39, 0.29) is 0 Å². The first kappa shape index (κ1) is 10.3. The third-order valence-corrected chi connectivity index (χ3v) is 3.41. The SMILES string of the molecule is CC1CN(C)[N+]([O-])=C(c2ccncc2)S1. The quantitative estimate of drug-likeness (QED) is 0.532. The number of nitrogens with zero attached hydrogens (tertiary/aromatic N) is 3. The van der Waals surface area contributed by atoms with Crippen LogP contribution in [0.1, 0.15) is 12.5 Å². The second-order valence-corrected chi connectivity index (χ2v) is 5.01. The fourth-order valence-corrected chi connectivity index (χ4v) is 2.72. The zero-order chi connectivity index (χ0) is 10.8. The lowest BCUT2D eigenvalue weighted by molar-refractivity contribution is -0.629. The molecule has 1 aliphatic heterocycles. The van der Waals surface area contributed by atoms with Gasteiger partial charge in [-0.2, -0.15) is 5.01 Å². The van der Waals surface area contributed by atoms with Gasteiger partial charge in [0.1, 0.15) is 0 Å². The molecular weight excluding hydrogens is 210 g/mol. The van der Waals surface area contributed by atoms with Crippen LogP contribution in [0.25, 0.3) is 0 Å². The lowest BCUT2D eigenvalue weighted by Gasteiger charge is -2.27. The summed E-state index contributed by atoms with van der Waals surface area (Å²) in [6.07, 6.45) is 3.41. The van der Waals surface area contributed by atoms with Crippen molar-refractivity contribution in [3.63, 3.8) is 0 Å². The Morgan fingerprint density at radius 2 is 2.20 bits per heavy atom. The predicted octanol–water partition coefficient (Wildman–Crippen LogP) is 1.32. The average molecular weight is 223 g/mol. The van der Waals surface area contributed by atoms with Gasteiger partial charge in [-0.1, -0.05) is 11.8 Å². The molecule has 0 saturated heterocycles. The number of hydrazone groups is 1. The lowest BCUT2D eigenvalue weighted by atomic mass is 10.3.